The zero-order valence-electron chi connectivity index (χ0n) is 11.1. The first-order chi connectivity index (χ1) is 9.80. The second-order valence-electron chi connectivity index (χ2n) is 4.65. The third-order valence-corrected chi connectivity index (χ3v) is 3.55. The number of aromatic nitrogens is 1. The van der Waals surface area contributed by atoms with Crippen LogP contribution in [0.4, 0.5) is 17.6 Å². The zero-order chi connectivity index (χ0) is 15.6. The summed E-state index contributed by atoms with van der Waals surface area (Å²) < 4.78 is 52.1. The van der Waals surface area contributed by atoms with Gasteiger partial charge in [-0.15, -0.1) is 11.6 Å². The first-order valence-electron chi connectivity index (χ1n) is 6.21. The van der Waals surface area contributed by atoms with E-state index in [2.05, 4.69) is 4.98 Å². The van der Waals surface area contributed by atoms with E-state index in [0.717, 1.165) is 11.6 Å². The molecule has 112 valence electrons. The Morgan fingerprint density at radius 1 is 1.19 bits per heavy atom. The van der Waals surface area contributed by atoms with Crippen molar-refractivity contribution in [1.82, 2.24) is 4.98 Å². The quantitative estimate of drug-likeness (QED) is 0.569. The highest BCUT2D eigenvalue weighted by Crippen LogP contribution is 2.36. The number of rotatable bonds is 3. The Labute approximate surface area is 124 Å². The average Bonchev–Trinajstić information content (AvgIpc) is 2.40. The lowest BCUT2D eigenvalue weighted by Crippen LogP contribution is -2.11. The molecule has 0 bridgehead atoms. The molecule has 0 spiro atoms. The first-order valence-corrected chi connectivity index (χ1v) is 6.64. The highest BCUT2D eigenvalue weighted by molar-refractivity contribution is 6.20. The average molecular weight is 318 g/mol. The van der Waals surface area contributed by atoms with Crippen LogP contribution in [0.1, 0.15) is 27.8 Å². The molecule has 0 radical (unpaired) electrons. The third-order valence-electron chi connectivity index (χ3n) is 3.16. The Morgan fingerprint density at radius 2 is 1.90 bits per heavy atom. The molecule has 0 aliphatic carbocycles. The van der Waals surface area contributed by atoms with Crippen molar-refractivity contribution in [3.05, 3.63) is 64.7 Å². The number of pyridine rings is 1. The van der Waals surface area contributed by atoms with Crippen LogP contribution in [0.25, 0.3) is 0 Å². The summed E-state index contributed by atoms with van der Waals surface area (Å²) in [6.45, 7) is 1.81. The number of benzene rings is 1. The molecule has 1 atom stereocenters. The van der Waals surface area contributed by atoms with Crippen LogP contribution >= 0.6 is 11.6 Å². The maximum Gasteiger partial charge on any atom is 0.419 e. The summed E-state index contributed by atoms with van der Waals surface area (Å²) in [4.78, 5) is 4.12. The Hall–Kier alpha value is -1.62. The smallest absolute Gasteiger partial charge is 0.261 e. The molecule has 0 fully saturated rings. The fourth-order valence-corrected chi connectivity index (χ4v) is 2.34. The van der Waals surface area contributed by atoms with Crippen LogP contribution in [0.2, 0.25) is 0 Å². The van der Waals surface area contributed by atoms with Gasteiger partial charge in [0.05, 0.1) is 10.9 Å². The largest absolute Gasteiger partial charge is 0.419 e. The number of hydrogen-bond acceptors (Lipinski definition) is 1. The van der Waals surface area contributed by atoms with Crippen LogP contribution in [0.5, 0.6) is 0 Å². The lowest BCUT2D eigenvalue weighted by Gasteiger charge is -2.15. The fourth-order valence-electron chi connectivity index (χ4n) is 2.02. The molecule has 1 heterocycles. The summed E-state index contributed by atoms with van der Waals surface area (Å²) >= 11 is 6.09. The lowest BCUT2D eigenvalue weighted by atomic mass is 10.0. The minimum Gasteiger partial charge on any atom is -0.261 e. The summed E-state index contributed by atoms with van der Waals surface area (Å²) in [5.41, 5.74) is 0.0183. The molecule has 2 aromatic rings. The minimum absolute atomic E-state index is 0.159. The van der Waals surface area contributed by atoms with E-state index in [1.54, 1.807) is 12.3 Å². The Kier molecular flexibility index (Phi) is 4.52. The van der Waals surface area contributed by atoms with Crippen molar-refractivity contribution in [2.24, 2.45) is 0 Å². The number of halogens is 5. The minimum atomic E-state index is -4.74. The molecule has 0 amide bonds. The molecule has 0 saturated heterocycles. The Bertz CT molecular complexity index is 640. The van der Waals surface area contributed by atoms with Gasteiger partial charge in [-0.25, -0.2) is 4.39 Å². The molecule has 6 heteroatoms. The number of alkyl halides is 4. The molecule has 21 heavy (non-hydrogen) atoms. The van der Waals surface area contributed by atoms with Crippen LogP contribution in [0.3, 0.4) is 0 Å². The first kappa shape index (κ1) is 15.8. The molecule has 0 aliphatic rings. The van der Waals surface area contributed by atoms with Gasteiger partial charge in [-0.1, -0.05) is 18.2 Å². The maximum atomic E-state index is 14.0. The van der Waals surface area contributed by atoms with Crippen LogP contribution in [-0.2, 0) is 12.6 Å². The van der Waals surface area contributed by atoms with Crippen molar-refractivity contribution >= 4 is 11.6 Å². The fraction of sp³-hybridized carbons (Fsp3) is 0.267. The van der Waals surface area contributed by atoms with E-state index >= 15 is 0 Å². The summed E-state index contributed by atoms with van der Waals surface area (Å²) in [7, 11) is 0. The van der Waals surface area contributed by atoms with Crippen LogP contribution < -0.4 is 0 Å². The standard InChI is InChI=1S/C15H12ClF4N/c1-9-4-3-7-21-13(9)8-12(16)10-5-2-6-11(14(10)17)15(18,19)20/h2-7,12H,8H2,1H3. The summed E-state index contributed by atoms with van der Waals surface area (Å²) in [6.07, 6.45) is -3.02. The van der Waals surface area contributed by atoms with Crippen molar-refractivity contribution in [3.8, 4) is 0 Å². The van der Waals surface area contributed by atoms with Gasteiger partial charge in [0.2, 0.25) is 0 Å². The van der Waals surface area contributed by atoms with E-state index in [1.165, 1.54) is 6.07 Å². The number of aryl methyl sites for hydroxylation is 1. The van der Waals surface area contributed by atoms with Crippen molar-refractivity contribution < 1.29 is 17.6 Å². The maximum absolute atomic E-state index is 14.0. The predicted molar refractivity (Wildman–Crippen MR) is 72.7 cm³/mol. The van der Waals surface area contributed by atoms with Crippen LogP contribution in [0.15, 0.2) is 36.5 Å². The molecule has 0 saturated carbocycles. The molecule has 1 aromatic carbocycles. The summed E-state index contributed by atoms with van der Waals surface area (Å²) in [5.74, 6) is -1.32. The van der Waals surface area contributed by atoms with Gasteiger partial charge in [0.15, 0.2) is 0 Å². The number of nitrogens with zero attached hydrogens (tertiary/aromatic N) is 1. The van der Waals surface area contributed by atoms with Gasteiger partial charge in [-0.05, 0) is 24.6 Å². The molecule has 0 N–H and O–H groups in total. The van der Waals surface area contributed by atoms with Crippen molar-refractivity contribution in [2.75, 3.05) is 0 Å². The highest BCUT2D eigenvalue weighted by atomic mass is 35.5. The van der Waals surface area contributed by atoms with E-state index in [4.69, 9.17) is 11.6 Å². The van der Waals surface area contributed by atoms with Crippen molar-refractivity contribution in [3.63, 3.8) is 0 Å². The van der Waals surface area contributed by atoms with E-state index in [0.29, 0.717) is 11.8 Å². The van der Waals surface area contributed by atoms with E-state index in [-0.39, 0.29) is 12.0 Å². The second-order valence-corrected chi connectivity index (χ2v) is 5.17. The van der Waals surface area contributed by atoms with Crippen molar-refractivity contribution in [2.45, 2.75) is 24.9 Å². The van der Waals surface area contributed by atoms with Gasteiger partial charge >= 0.3 is 6.18 Å². The van der Waals surface area contributed by atoms with E-state index in [1.807, 2.05) is 13.0 Å². The van der Waals surface area contributed by atoms with Gasteiger partial charge in [0, 0.05) is 23.9 Å². The Morgan fingerprint density at radius 3 is 2.52 bits per heavy atom. The van der Waals surface area contributed by atoms with E-state index in [9.17, 15) is 17.6 Å². The van der Waals surface area contributed by atoms with Gasteiger partial charge < -0.3 is 0 Å². The third kappa shape index (κ3) is 3.53. The monoisotopic (exact) mass is 317 g/mol. The molecule has 1 aromatic heterocycles. The molecule has 0 aliphatic heterocycles. The molecule has 1 nitrogen and oxygen atoms in total. The van der Waals surface area contributed by atoms with Crippen LogP contribution in [0, 0.1) is 12.7 Å². The van der Waals surface area contributed by atoms with Gasteiger partial charge in [-0.2, -0.15) is 13.2 Å². The van der Waals surface area contributed by atoms with E-state index < -0.39 is 22.9 Å². The second kappa shape index (κ2) is 6.02. The molecule has 1 unspecified atom stereocenters. The number of hydrogen-bond donors (Lipinski definition) is 0. The molecular weight excluding hydrogens is 306 g/mol. The van der Waals surface area contributed by atoms with Gasteiger partial charge in [-0.3, -0.25) is 4.98 Å². The van der Waals surface area contributed by atoms with Gasteiger partial charge in [0.1, 0.15) is 5.82 Å². The summed E-state index contributed by atoms with van der Waals surface area (Å²) in [5, 5.41) is -0.916. The predicted octanol–water partition coefficient (Wildman–Crippen LogP) is 5.07. The van der Waals surface area contributed by atoms with Crippen molar-refractivity contribution in [1.29, 1.82) is 0 Å². The van der Waals surface area contributed by atoms with Crippen LogP contribution in [-0.4, -0.2) is 4.98 Å². The Balaban J connectivity index is 2.32. The summed E-state index contributed by atoms with van der Waals surface area (Å²) in [6, 6.07) is 6.68. The van der Waals surface area contributed by atoms with Gasteiger partial charge in [0.25, 0.3) is 0 Å². The molecule has 2 rings (SSSR count). The lowest BCUT2D eigenvalue weighted by molar-refractivity contribution is -0.140. The SMILES string of the molecule is Cc1cccnc1CC(Cl)c1cccc(C(F)(F)F)c1F. The molecular formula is C15H12ClF4N. The normalized spacial score (nSPS) is 13.2. The zero-order valence-corrected chi connectivity index (χ0v) is 11.8. The topological polar surface area (TPSA) is 12.9 Å². The highest BCUT2D eigenvalue weighted by Gasteiger charge is 2.35.